The molecule has 1 atom stereocenters. The summed E-state index contributed by atoms with van der Waals surface area (Å²) in [6.45, 7) is 11.5. The molecule has 1 N–H and O–H groups in total. The first kappa shape index (κ1) is 20.7. The second kappa shape index (κ2) is 9.38. The fourth-order valence-electron chi connectivity index (χ4n) is 2.95. The highest BCUT2D eigenvalue weighted by Crippen LogP contribution is 2.30. The van der Waals surface area contributed by atoms with Gasteiger partial charge in [-0.25, -0.2) is 0 Å². The Labute approximate surface area is 158 Å². The normalized spacial score (nSPS) is 13.3. The van der Waals surface area contributed by atoms with E-state index in [-0.39, 0.29) is 18.1 Å². The van der Waals surface area contributed by atoms with Gasteiger partial charge in [-0.3, -0.25) is 0 Å². The SMILES string of the molecule is CCC(CC)OCC(O)COc1ccc2cc(C(C)(C)CC)ccc2c1. The summed E-state index contributed by atoms with van der Waals surface area (Å²) in [7, 11) is 0. The van der Waals surface area contributed by atoms with Crippen molar-refractivity contribution in [3.05, 3.63) is 42.0 Å². The van der Waals surface area contributed by atoms with Gasteiger partial charge >= 0.3 is 0 Å². The largest absolute Gasteiger partial charge is 0.491 e. The molecule has 144 valence electrons. The van der Waals surface area contributed by atoms with E-state index in [1.807, 2.05) is 12.1 Å². The molecule has 0 aromatic heterocycles. The molecule has 0 spiro atoms. The fraction of sp³-hybridized carbons (Fsp3) is 0.565. The Morgan fingerprint density at radius 3 is 2.23 bits per heavy atom. The summed E-state index contributed by atoms with van der Waals surface area (Å²) in [5.41, 5.74) is 1.54. The molecule has 2 aromatic rings. The number of rotatable bonds is 10. The Balaban J connectivity index is 1.97. The quantitative estimate of drug-likeness (QED) is 0.612. The van der Waals surface area contributed by atoms with Gasteiger partial charge in [-0.15, -0.1) is 0 Å². The third-order valence-electron chi connectivity index (χ3n) is 5.35. The van der Waals surface area contributed by atoms with Crippen LogP contribution in [0.15, 0.2) is 36.4 Å². The third-order valence-corrected chi connectivity index (χ3v) is 5.35. The van der Waals surface area contributed by atoms with E-state index in [9.17, 15) is 5.11 Å². The summed E-state index contributed by atoms with van der Waals surface area (Å²) in [5.74, 6) is 0.779. The maximum Gasteiger partial charge on any atom is 0.120 e. The van der Waals surface area contributed by atoms with Gasteiger partial charge in [0.05, 0.1) is 12.7 Å². The third kappa shape index (κ3) is 5.46. The van der Waals surface area contributed by atoms with Crippen LogP contribution in [0.4, 0.5) is 0 Å². The molecular weight excluding hydrogens is 324 g/mol. The maximum atomic E-state index is 10.1. The van der Waals surface area contributed by atoms with Gasteiger partial charge in [-0.1, -0.05) is 58.9 Å². The van der Waals surface area contributed by atoms with Crippen molar-refractivity contribution >= 4 is 10.8 Å². The van der Waals surface area contributed by atoms with Crippen LogP contribution in [0.3, 0.4) is 0 Å². The van der Waals surface area contributed by atoms with Gasteiger partial charge < -0.3 is 14.6 Å². The highest BCUT2D eigenvalue weighted by molar-refractivity contribution is 5.84. The van der Waals surface area contributed by atoms with Crippen LogP contribution in [0.2, 0.25) is 0 Å². The molecule has 0 saturated heterocycles. The minimum absolute atomic E-state index is 0.183. The highest BCUT2D eigenvalue weighted by atomic mass is 16.5. The number of fused-ring (bicyclic) bond motifs is 1. The molecule has 0 radical (unpaired) electrons. The van der Waals surface area contributed by atoms with Crippen molar-refractivity contribution in [3.8, 4) is 5.75 Å². The van der Waals surface area contributed by atoms with Crippen LogP contribution in [0.25, 0.3) is 10.8 Å². The van der Waals surface area contributed by atoms with Gasteiger partial charge in [0.15, 0.2) is 0 Å². The van der Waals surface area contributed by atoms with E-state index in [4.69, 9.17) is 9.47 Å². The monoisotopic (exact) mass is 358 g/mol. The molecule has 1 unspecified atom stereocenters. The van der Waals surface area contributed by atoms with Crippen molar-refractivity contribution in [1.82, 2.24) is 0 Å². The minimum Gasteiger partial charge on any atom is -0.491 e. The lowest BCUT2D eigenvalue weighted by molar-refractivity contribution is -0.0267. The van der Waals surface area contributed by atoms with Crippen LogP contribution < -0.4 is 4.74 Å². The zero-order valence-corrected chi connectivity index (χ0v) is 16.9. The molecule has 0 saturated carbocycles. The Morgan fingerprint density at radius 1 is 0.923 bits per heavy atom. The Hall–Kier alpha value is -1.58. The van der Waals surface area contributed by atoms with Crippen molar-refractivity contribution in [2.24, 2.45) is 0 Å². The number of hydrogen-bond donors (Lipinski definition) is 1. The Morgan fingerprint density at radius 2 is 1.58 bits per heavy atom. The molecule has 0 aliphatic heterocycles. The van der Waals surface area contributed by atoms with Gasteiger partial charge in [-0.2, -0.15) is 0 Å². The molecular formula is C23H34O3. The predicted octanol–water partition coefficient (Wildman–Crippen LogP) is 5.47. The number of hydrogen-bond acceptors (Lipinski definition) is 3. The molecule has 3 heteroatoms. The molecule has 2 aromatic carbocycles. The maximum absolute atomic E-state index is 10.1. The van der Waals surface area contributed by atoms with Crippen LogP contribution in [0.1, 0.15) is 59.4 Å². The smallest absolute Gasteiger partial charge is 0.120 e. The van der Waals surface area contributed by atoms with Crippen molar-refractivity contribution < 1.29 is 14.6 Å². The lowest BCUT2D eigenvalue weighted by Gasteiger charge is -2.23. The first-order valence-corrected chi connectivity index (χ1v) is 9.86. The minimum atomic E-state index is -0.612. The molecule has 3 nitrogen and oxygen atoms in total. The van der Waals surface area contributed by atoms with Gasteiger partial charge in [0.2, 0.25) is 0 Å². The molecule has 0 aliphatic carbocycles. The number of ether oxygens (including phenoxy) is 2. The zero-order valence-electron chi connectivity index (χ0n) is 16.9. The summed E-state index contributed by atoms with van der Waals surface area (Å²) in [4.78, 5) is 0. The van der Waals surface area contributed by atoms with Crippen molar-refractivity contribution in [3.63, 3.8) is 0 Å². The summed E-state index contributed by atoms with van der Waals surface area (Å²) < 4.78 is 11.5. The van der Waals surface area contributed by atoms with Crippen LogP contribution >= 0.6 is 0 Å². The van der Waals surface area contributed by atoms with E-state index < -0.39 is 6.10 Å². The van der Waals surface area contributed by atoms with Crippen LogP contribution in [0, 0.1) is 0 Å². The summed E-state index contributed by atoms with van der Waals surface area (Å²) in [6, 6.07) is 12.7. The standard InChI is InChI=1S/C23H34O3/c1-6-21(7-2)25-15-20(24)16-26-22-12-10-17-13-19(23(4,5)8-3)11-9-18(17)14-22/h9-14,20-21,24H,6-8,15-16H2,1-5H3. The second-order valence-corrected chi connectivity index (χ2v) is 7.70. The van der Waals surface area contributed by atoms with Crippen molar-refractivity contribution in [1.29, 1.82) is 0 Å². The van der Waals surface area contributed by atoms with Gasteiger partial charge in [0, 0.05) is 0 Å². The first-order chi connectivity index (χ1) is 12.4. The zero-order chi connectivity index (χ0) is 19.2. The molecule has 2 rings (SSSR count). The van der Waals surface area contributed by atoms with E-state index in [1.54, 1.807) is 0 Å². The lowest BCUT2D eigenvalue weighted by atomic mass is 9.81. The Bertz CT molecular complexity index is 689. The fourth-order valence-corrected chi connectivity index (χ4v) is 2.95. The van der Waals surface area contributed by atoms with E-state index >= 15 is 0 Å². The average Bonchev–Trinajstić information content (AvgIpc) is 2.66. The summed E-state index contributed by atoms with van der Waals surface area (Å²) >= 11 is 0. The van der Waals surface area contributed by atoms with Gasteiger partial charge in [0.1, 0.15) is 18.5 Å². The number of benzene rings is 2. The van der Waals surface area contributed by atoms with Crippen molar-refractivity contribution in [2.75, 3.05) is 13.2 Å². The average molecular weight is 359 g/mol. The number of aliphatic hydroxyl groups is 1. The van der Waals surface area contributed by atoms with Crippen LogP contribution in [-0.2, 0) is 10.2 Å². The first-order valence-electron chi connectivity index (χ1n) is 9.86. The van der Waals surface area contributed by atoms with E-state index in [2.05, 4.69) is 58.9 Å². The molecule has 0 bridgehead atoms. The number of aliphatic hydroxyl groups excluding tert-OH is 1. The molecule has 0 amide bonds. The lowest BCUT2D eigenvalue weighted by Crippen LogP contribution is -2.26. The van der Waals surface area contributed by atoms with Crippen LogP contribution in [0.5, 0.6) is 5.75 Å². The predicted molar refractivity (Wildman–Crippen MR) is 109 cm³/mol. The molecule has 26 heavy (non-hydrogen) atoms. The Kier molecular flexibility index (Phi) is 7.48. The summed E-state index contributed by atoms with van der Waals surface area (Å²) in [6.07, 6.45) is 2.64. The van der Waals surface area contributed by atoms with Gasteiger partial charge in [0.25, 0.3) is 0 Å². The summed E-state index contributed by atoms with van der Waals surface area (Å²) in [5, 5.41) is 12.4. The van der Waals surface area contributed by atoms with E-state index in [0.29, 0.717) is 6.61 Å². The highest BCUT2D eigenvalue weighted by Gasteiger charge is 2.18. The molecule has 0 heterocycles. The molecule has 0 aliphatic rings. The van der Waals surface area contributed by atoms with E-state index in [1.165, 1.54) is 10.9 Å². The topological polar surface area (TPSA) is 38.7 Å². The van der Waals surface area contributed by atoms with E-state index in [0.717, 1.165) is 30.4 Å². The second-order valence-electron chi connectivity index (χ2n) is 7.70. The molecule has 0 fully saturated rings. The van der Waals surface area contributed by atoms with Gasteiger partial charge in [-0.05, 0) is 53.1 Å². The van der Waals surface area contributed by atoms with Crippen molar-refractivity contribution in [2.45, 2.75) is 71.5 Å². The van der Waals surface area contributed by atoms with Crippen LogP contribution in [-0.4, -0.2) is 30.5 Å².